The van der Waals surface area contributed by atoms with Crippen molar-refractivity contribution in [2.75, 3.05) is 18.4 Å². The average Bonchev–Trinajstić information content (AvgIpc) is 2.59. The van der Waals surface area contributed by atoms with Gasteiger partial charge in [0.05, 0.1) is 21.9 Å². The van der Waals surface area contributed by atoms with Gasteiger partial charge in [0.1, 0.15) is 5.69 Å². The van der Waals surface area contributed by atoms with Crippen LogP contribution >= 0.6 is 23.2 Å². The lowest BCUT2D eigenvalue weighted by Crippen LogP contribution is -2.36. The van der Waals surface area contributed by atoms with Crippen molar-refractivity contribution in [1.82, 2.24) is 9.88 Å². The molecule has 2 heterocycles. The third-order valence-corrected chi connectivity index (χ3v) is 4.57. The van der Waals surface area contributed by atoms with E-state index in [2.05, 4.69) is 10.3 Å². The molecule has 0 atom stereocenters. The van der Waals surface area contributed by atoms with Gasteiger partial charge in [-0.05, 0) is 49.6 Å². The fourth-order valence-electron chi connectivity index (χ4n) is 2.59. The molecule has 4 nitrogen and oxygen atoms in total. The lowest BCUT2D eigenvalue weighted by atomic mass is 10.1. The van der Waals surface area contributed by atoms with Crippen LogP contribution in [0.1, 0.15) is 29.8 Å². The third-order valence-electron chi connectivity index (χ3n) is 3.83. The minimum absolute atomic E-state index is 0.00536. The van der Waals surface area contributed by atoms with E-state index in [1.54, 1.807) is 24.4 Å². The minimum atomic E-state index is 0.00536. The molecule has 3 rings (SSSR count). The van der Waals surface area contributed by atoms with Gasteiger partial charge in [-0.2, -0.15) is 0 Å². The van der Waals surface area contributed by atoms with Crippen molar-refractivity contribution < 1.29 is 4.79 Å². The number of likely N-dealkylation sites (tertiary alicyclic amines) is 1. The van der Waals surface area contributed by atoms with Gasteiger partial charge in [-0.25, -0.2) is 4.98 Å². The van der Waals surface area contributed by atoms with Gasteiger partial charge >= 0.3 is 0 Å². The lowest BCUT2D eigenvalue weighted by Gasteiger charge is -2.26. The molecule has 0 aliphatic carbocycles. The van der Waals surface area contributed by atoms with Crippen molar-refractivity contribution in [3.05, 3.63) is 52.3 Å². The number of nitrogens with zero attached hydrogens (tertiary/aromatic N) is 2. The van der Waals surface area contributed by atoms with Crippen molar-refractivity contribution in [3.63, 3.8) is 0 Å². The van der Waals surface area contributed by atoms with Gasteiger partial charge in [0, 0.05) is 18.8 Å². The zero-order valence-electron chi connectivity index (χ0n) is 12.6. The number of pyridine rings is 1. The molecule has 1 aliphatic heterocycles. The predicted octanol–water partition coefficient (Wildman–Crippen LogP) is 4.76. The van der Waals surface area contributed by atoms with Crippen LogP contribution in [0, 0.1) is 0 Å². The quantitative estimate of drug-likeness (QED) is 0.868. The zero-order valence-corrected chi connectivity index (χ0v) is 14.1. The Bertz CT molecular complexity index is 697. The predicted molar refractivity (Wildman–Crippen MR) is 93.7 cm³/mol. The van der Waals surface area contributed by atoms with Gasteiger partial charge in [0.15, 0.2) is 0 Å². The van der Waals surface area contributed by atoms with Gasteiger partial charge in [0.2, 0.25) is 0 Å². The Balaban J connectivity index is 1.68. The number of rotatable bonds is 3. The summed E-state index contributed by atoms with van der Waals surface area (Å²) in [7, 11) is 0. The van der Waals surface area contributed by atoms with Gasteiger partial charge in [-0.15, -0.1) is 0 Å². The van der Waals surface area contributed by atoms with Crippen LogP contribution < -0.4 is 5.32 Å². The highest BCUT2D eigenvalue weighted by molar-refractivity contribution is 6.42. The van der Waals surface area contributed by atoms with E-state index in [4.69, 9.17) is 23.2 Å². The van der Waals surface area contributed by atoms with Crippen molar-refractivity contribution in [2.45, 2.75) is 19.3 Å². The van der Waals surface area contributed by atoms with E-state index in [1.165, 1.54) is 6.42 Å². The molecule has 1 aromatic carbocycles. The van der Waals surface area contributed by atoms with Crippen LogP contribution in [0.25, 0.3) is 0 Å². The topological polar surface area (TPSA) is 45.2 Å². The molecule has 120 valence electrons. The molecule has 1 amide bonds. The standard InChI is InChI=1S/C17H17Cl2N3O/c18-14-6-4-12(10-15(14)19)21-13-5-7-16(20-11-13)17(23)22-8-2-1-3-9-22/h4-7,10-11,21H,1-3,8-9H2. The van der Waals surface area contributed by atoms with Crippen LogP contribution in [0.3, 0.4) is 0 Å². The number of piperidine rings is 1. The number of benzene rings is 1. The van der Waals surface area contributed by atoms with Crippen LogP contribution in [0.5, 0.6) is 0 Å². The van der Waals surface area contributed by atoms with E-state index in [1.807, 2.05) is 17.0 Å². The summed E-state index contributed by atoms with van der Waals surface area (Å²) in [5.41, 5.74) is 2.08. The van der Waals surface area contributed by atoms with Crippen molar-refractivity contribution in [2.24, 2.45) is 0 Å². The normalized spacial score (nSPS) is 14.6. The Morgan fingerprint density at radius 2 is 1.74 bits per heavy atom. The van der Waals surface area contributed by atoms with Crippen molar-refractivity contribution in [3.8, 4) is 0 Å². The average molecular weight is 350 g/mol. The van der Waals surface area contributed by atoms with E-state index in [0.29, 0.717) is 15.7 Å². The van der Waals surface area contributed by atoms with E-state index in [0.717, 1.165) is 37.3 Å². The molecule has 1 aliphatic rings. The van der Waals surface area contributed by atoms with E-state index in [9.17, 15) is 4.79 Å². The maximum atomic E-state index is 12.4. The van der Waals surface area contributed by atoms with Gasteiger partial charge < -0.3 is 10.2 Å². The first kappa shape index (κ1) is 16.1. The molecule has 0 radical (unpaired) electrons. The molecule has 1 fully saturated rings. The molecule has 23 heavy (non-hydrogen) atoms. The minimum Gasteiger partial charge on any atom is -0.354 e. The second-order valence-corrected chi connectivity index (χ2v) is 6.35. The number of hydrogen-bond acceptors (Lipinski definition) is 3. The van der Waals surface area contributed by atoms with Crippen molar-refractivity contribution in [1.29, 1.82) is 0 Å². The van der Waals surface area contributed by atoms with E-state index >= 15 is 0 Å². The smallest absolute Gasteiger partial charge is 0.272 e. The van der Waals surface area contributed by atoms with Crippen LogP contribution in [0.4, 0.5) is 11.4 Å². The van der Waals surface area contributed by atoms with Crippen LogP contribution in [-0.2, 0) is 0 Å². The SMILES string of the molecule is O=C(c1ccc(Nc2ccc(Cl)c(Cl)c2)cn1)N1CCCCC1. The van der Waals surface area contributed by atoms with E-state index < -0.39 is 0 Å². The van der Waals surface area contributed by atoms with Gasteiger partial charge in [-0.1, -0.05) is 23.2 Å². The first-order valence-corrected chi connectivity index (χ1v) is 8.36. The number of hydrogen-bond donors (Lipinski definition) is 1. The maximum absolute atomic E-state index is 12.4. The summed E-state index contributed by atoms with van der Waals surface area (Å²) in [5, 5.41) is 4.19. The Labute approximate surface area is 145 Å². The molecule has 1 saturated heterocycles. The molecule has 2 aromatic rings. The van der Waals surface area contributed by atoms with E-state index in [-0.39, 0.29) is 5.91 Å². The number of carbonyl (C=O) groups excluding carboxylic acids is 1. The Hall–Kier alpha value is -1.78. The zero-order chi connectivity index (χ0) is 16.2. The molecular formula is C17H17Cl2N3O. The first-order chi connectivity index (χ1) is 11.1. The highest BCUT2D eigenvalue weighted by atomic mass is 35.5. The second-order valence-electron chi connectivity index (χ2n) is 5.54. The first-order valence-electron chi connectivity index (χ1n) is 7.61. The molecule has 6 heteroatoms. The molecule has 0 saturated carbocycles. The summed E-state index contributed by atoms with van der Waals surface area (Å²) in [6, 6.07) is 8.90. The largest absolute Gasteiger partial charge is 0.354 e. The number of halogens is 2. The molecule has 1 aromatic heterocycles. The molecule has 1 N–H and O–H groups in total. The third kappa shape index (κ3) is 3.95. The molecular weight excluding hydrogens is 333 g/mol. The fourth-order valence-corrected chi connectivity index (χ4v) is 2.89. The Morgan fingerprint density at radius 1 is 1.00 bits per heavy atom. The highest BCUT2D eigenvalue weighted by Gasteiger charge is 2.18. The molecule has 0 bridgehead atoms. The number of nitrogens with one attached hydrogen (secondary N) is 1. The monoisotopic (exact) mass is 349 g/mol. The summed E-state index contributed by atoms with van der Waals surface area (Å²) >= 11 is 11.9. The summed E-state index contributed by atoms with van der Waals surface area (Å²) in [6.45, 7) is 1.65. The summed E-state index contributed by atoms with van der Waals surface area (Å²) in [5.74, 6) is 0.00536. The highest BCUT2D eigenvalue weighted by Crippen LogP contribution is 2.26. The summed E-state index contributed by atoms with van der Waals surface area (Å²) in [4.78, 5) is 18.5. The Morgan fingerprint density at radius 3 is 2.39 bits per heavy atom. The Kier molecular flexibility index (Phi) is 5.03. The molecule has 0 spiro atoms. The number of anilines is 2. The fraction of sp³-hybridized carbons (Fsp3) is 0.294. The summed E-state index contributed by atoms with van der Waals surface area (Å²) < 4.78 is 0. The number of carbonyl (C=O) groups is 1. The summed E-state index contributed by atoms with van der Waals surface area (Å²) in [6.07, 6.45) is 4.99. The van der Waals surface area contributed by atoms with Crippen LogP contribution in [0.2, 0.25) is 10.0 Å². The second kappa shape index (κ2) is 7.20. The number of amides is 1. The van der Waals surface area contributed by atoms with Gasteiger partial charge in [0.25, 0.3) is 5.91 Å². The number of aromatic nitrogens is 1. The maximum Gasteiger partial charge on any atom is 0.272 e. The molecule has 0 unspecified atom stereocenters. The van der Waals surface area contributed by atoms with Gasteiger partial charge in [-0.3, -0.25) is 4.79 Å². The van der Waals surface area contributed by atoms with Crippen molar-refractivity contribution >= 4 is 40.5 Å². The van der Waals surface area contributed by atoms with Crippen LogP contribution in [-0.4, -0.2) is 28.9 Å². The lowest BCUT2D eigenvalue weighted by molar-refractivity contribution is 0.0718. The van der Waals surface area contributed by atoms with Crippen LogP contribution in [0.15, 0.2) is 36.5 Å².